The van der Waals surface area contributed by atoms with Crippen LogP contribution in [0.1, 0.15) is 57.9 Å². The van der Waals surface area contributed by atoms with Crippen LogP contribution in [-0.2, 0) is 5.41 Å². The maximum absolute atomic E-state index is 13.2. The van der Waals surface area contributed by atoms with Crippen LogP contribution in [0.4, 0.5) is 4.39 Å². The van der Waals surface area contributed by atoms with Crippen molar-refractivity contribution in [1.82, 2.24) is 0 Å². The molecular formula is C19H33FN+. The van der Waals surface area contributed by atoms with E-state index in [9.17, 15) is 4.39 Å². The Labute approximate surface area is 130 Å². The molecule has 1 saturated carbocycles. The number of benzene rings is 1. The first kappa shape index (κ1) is 18.2. The molecule has 0 bridgehead atoms. The van der Waals surface area contributed by atoms with Crippen molar-refractivity contribution in [2.75, 3.05) is 27.7 Å². The molecule has 0 atom stereocenters. The minimum atomic E-state index is -0.124. The van der Waals surface area contributed by atoms with E-state index in [0.717, 1.165) is 4.48 Å². The van der Waals surface area contributed by atoms with Gasteiger partial charge in [-0.3, -0.25) is 0 Å². The number of hydrogen-bond acceptors (Lipinski definition) is 0. The molecule has 21 heavy (non-hydrogen) atoms. The summed E-state index contributed by atoms with van der Waals surface area (Å²) in [6.45, 7) is 5.18. The Kier molecular flexibility index (Phi) is 6.86. The molecule has 0 heterocycles. The summed E-state index contributed by atoms with van der Waals surface area (Å²) < 4.78 is 14.2. The summed E-state index contributed by atoms with van der Waals surface area (Å²) >= 11 is 0. The predicted octanol–water partition coefficient (Wildman–Crippen LogP) is 5.15. The first-order valence-electron chi connectivity index (χ1n) is 8.48. The van der Waals surface area contributed by atoms with Crippen molar-refractivity contribution in [2.24, 2.45) is 0 Å². The van der Waals surface area contributed by atoms with E-state index in [1.54, 1.807) is 12.1 Å². The molecule has 1 aliphatic rings. The van der Waals surface area contributed by atoms with Gasteiger partial charge in [0.25, 0.3) is 0 Å². The summed E-state index contributed by atoms with van der Waals surface area (Å²) in [6.07, 6.45) is 7.72. The zero-order chi connectivity index (χ0) is 15.9. The van der Waals surface area contributed by atoms with Gasteiger partial charge in [-0.1, -0.05) is 45.2 Å². The van der Waals surface area contributed by atoms with E-state index in [1.807, 2.05) is 26.0 Å². The van der Waals surface area contributed by atoms with Crippen LogP contribution < -0.4 is 0 Å². The van der Waals surface area contributed by atoms with Crippen LogP contribution in [0, 0.1) is 5.82 Å². The smallest absolute Gasteiger partial charge is 0.123 e. The Hall–Kier alpha value is -0.890. The average molecular weight is 294 g/mol. The molecule has 120 valence electrons. The second-order valence-corrected chi connectivity index (χ2v) is 7.11. The van der Waals surface area contributed by atoms with Gasteiger partial charge in [0.05, 0.1) is 27.7 Å². The Morgan fingerprint density at radius 1 is 0.952 bits per heavy atom. The van der Waals surface area contributed by atoms with Crippen LogP contribution in [0.25, 0.3) is 0 Å². The molecule has 0 amide bonds. The van der Waals surface area contributed by atoms with Gasteiger partial charge >= 0.3 is 0 Å². The van der Waals surface area contributed by atoms with E-state index < -0.39 is 0 Å². The third kappa shape index (κ3) is 5.43. The van der Waals surface area contributed by atoms with Gasteiger partial charge in [0, 0.05) is 11.8 Å². The van der Waals surface area contributed by atoms with Gasteiger partial charge in [0.2, 0.25) is 0 Å². The first-order chi connectivity index (χ1) is 9.91. The zero-order valence-electron chi connectivity index (χ0n) is 14.6. The van der Waals surface area contributed by atoms with E-state index in [4.69, 9.17) is 0 Å². The number of rotatable bonds is 4. The molecule has 0 N–H and O–H groups in total. The van der Waals surface area contributed by atoms with E-state index in [-0.39, 0.29) is 11.2 Å². The molecule has 0 aromatic heterocycles. The van der Waals surface area contributed by atoms with Crippen molar-refractivity contribution >= 4 is 0 Å². The van der Waals surface area contributed by atoms with Crippen LogP contribution in [0.3, 0.4) is 0 Å². The fourth-order valence-corrected chi connectivity index (χ4v) is 3.26. The lowest BCUT2D eigenvalue weighted by Crippen LogP contribution is -2.40. The lowest BCUT2D eigenvalue weighted by molar-refractivity contribution is -0.871. The molecule has 2 heteroatoms. The quantitative estimate of drug-likeness (QED) is 0.674. The summed E-state index contributed by atoms with van der Waals surface area (Å²) in [6, 6.07) is 7.27. The summed E-state index contributed by atoms with van der Waals surface area (Å²) in [5.74, 6) is -0.124. The molecule has 2 rings (SSSR count). The molecule has 1 aromatic rings. The largest absolute Gasteiger partial charge is 0.331 e. The third-order valence-corrected chi connectivity index (χ3v) is 4.53. The van der Waals surface area contributed by atoms with Crippen LogP contribution in [0.2, 0.25) is 0 Å². The van der Waals surface area contributed by atoms with Crippen molar-refractivity contribution in [3.63, 3.8) is 0 Å². The summed E-state index contributed by atoms with van der Waals surface area (Å²) in [5, 5.41) is 0. The summed E-state index contributed by atoms with van der Waals surface area (Å²) in [5.41, 5.74) is 1.64. The van der Waals surface area contributed by atoms with Crippen molar-refractivity contribution in [3.05, 3.63) is 35.6 Å². The Morgan fingerprint density at radius 3 is 1.95 bits per heavy atom. The van der Waals surface area contributed by atoms with Gasteiger partial charge in [-0.15, -0.1) is 0 Å². The maximum Gasteiger partial charge on any atom is 0.123 e. The van der Waals surface area contributed by atoms with Gasteiger partial charge in [-0.05, 0) is 30.5 Å². The van der Waals surface area contributed by atoms with Crippen LogP contribution in [-0.4, -0.2) is 32.2 Å². The third-order valence-electron chi connectivity index (χ3n) is 4.53. The van der Waals surface area contributed by atoms with Gasteiger partial charge in [0.15, 0.2) is 0 Å². The fraction of sp³-hybridized carbons (Fsp3) is 0.684. The topological polar surface area (TPSA) is 0 Å². The number of halogens is 1. The number of nitrogens with zero attached hydrogens (tertiary/aromatic N) is 1. The van der Waals surface area contributed by atoms with Crippen molar-refractivity contribution < 1.29 is 8.87 Å². The second-order valence-electron chi connectivity index (χ2n) is 7.11. The molecule has 1 aromatic carbocycles. The number of quaternary nitrogens is 1. The Bertz CT molecular complexity index is 397. The minimum Gasteiger partial charge on any atom is -0.331 e. The van der Waals surface area contributed by atoms with Gasteiger partial charge in [-0.25, -0.2) is 4.39 Å². The molecule has 0 aliphatic heterocycles. The Morgan fingerprint density at radius 2 is 1.48 bits per heavy atom. The van der Waals surface area contributed by atoms with E-state index >= 15 is 0 Å². The first-order valence-corrected chi connectivity index (χ1v) is 8.48. The lowest BCUT2D eigenvalue weighted by atomic mass is 9.67. The standard InChI is InChI=1S/C17H27FN.C2H6/c1-19(2,3)14-13-17(11-5-4-6-12-17)15-7-9-16(18)10-8-15;1-2/h7-10H,4-6,11-14H2,1-3H3;1-2H3/q+1;. The molecule has 0 spiro atoms. The Balaban J connectivity index is 0.00000106. The van der Waals surface area contributed by atoms with Gasteiger partial charge < -0.3 is 4.48 Å². The molecule has 0 saturated heterocycles. The van der Waals surface area contributed by atoms with E-state index in [1.165, 1.54) is 50.6 Å². The molecule has 0 unspecified atom stereocenters. The molecule has 1 aliphatic carbocycles. The molecule has 0 radical (unpaired) electrons. The molecular weight excluding hydrogens is 261 g/mol. The molecule has 1 fully saturated rings. The minimum absolute atomic E-state index is 0.124. The van der Waals surface area contributed by atoms with Crippen LogP contribution in [0.15, 0.2) is 24.3 Å². The lowest BCUT2D eigenvalue weighted by Gasteiger charge is -2.40. The van der Waals surface area contributed by atoms with Crippen molar-refractivity contribution in [3.8, 4) is 0 Å². The number of hydrogen-bond donors (Lipinski definition) is 0. The summed E-state index contributed by atoms with van der Waals surface area (Å²) in [7, 11) is 6.75. The van der Waals surface area contributed by atoms with Gasteiger partial charge in [0.1, 0.15) is 5.82 Å². The van der Waals surface area contributed by atoms with Crippen LogP contribution >= 0.6 is 0 Å². The fourth-order valence-electron chi connectivity index (χ4n) is 3.26. The highest BCUT2D eigenvalue weighted by Gasteiger charge is 2.35. The predicted molar refractivity (Wildman–Crippen MR) is 90.0 cm³/mol. The highest BCUT2D eigenvalue weighted by Crippen LogP contribution is 2.42. The SMILES string of the molecule is CC.C[N+](C)(C)CCC1(c2ccc(F)cc2)CCCCC1. The highest BCUT2D eigenvalue weighted by molar-refractivity contribution is 5.26. The average Bonchev–Trinajstić information content (AvgIpc) is 2.48. The monoisotopic (exact) mass is 294 g/mol. The normalized spacial score (nSPS) is 17.8. The van der Waals surface area contributed by atoms with Crippen molar-refractivity contribution in [1.29, 1.82) is 0 Å². The second kappa shape index (κ2) is 7.93. The van der Waals surface area contributed by atoms with Crippen molar-refractivity contribution in [2.45, 2.75) is 57.8 Å². The van der Waals surface area contributed by atoms with E-state index in [2.05, 4.69) is 21.1 Å². The van der Waals surface area contributed by atoms with Gasteiger partial charge in [-0.2, -0.15) is 0 Å². The maximum atomic E-state index is 13.2. The van der Waals surface area contributed by atoms with E-state index in [0.29, 0.717) is 0 Å². The zero-order valence-corrected chi connectivity index (χ0v) is 14.6. The van der Waals surface area contributed by atoms with Crippen LogP contribution in [0.5, 0.6) is 0 Å². The highest BCUT2D eigenvalue weighted by atomic mass is 19.1. The molecule has 1 nitrogen and oxygen atoms in total. The summed E-state index contributed by atoms with van der Waals surface area (Å²) in [4.78, 5) is 0.